The Bertz CT molecular complexity index is 652. The average Bonchev–Trinajstić information content (AvgIpc) is 2.37. The first kappa shape index (κ1) is 15.9. The molecule has 21 heavy (non-hydrogen) atoms. The summed E-state index contributed by atoms with van der Waals surface area (Å²) in [6, 6.07) is 3.08. The fraction of sp³-hybridized carbons (Fsp3) is 0.500. The lowest BCUT2D eigenvalue weighted by Gasteiger charge is -2.32. The summed E-state index contributed by atoms with van der Waals surface area (Å²) in [4.78, 5) is 12.0. The molecule has 1 saturated carbocycles. The Balaban J connectivity index is 2.23. The van der Waals surface area contributed by atoms with Crippen molar-refractivity contribution in [1.82, 2.24) is 0 Å². The van der Waals surface area contributed by atoms with E-state index in [0.29, 0.717) is 0 Å². The van der Waals surface area contributed by atoms with E-state index in [-0.39, 0.29) is 16.5 Å². The van der Waals surface area contributed by atoms with Crippen molar-refractivity contribution in [3.63, 3.8) is 0 Å². The maximum atomic E-state index is 13.5. The zero-order valence-electron chi connectivity index (χ0n) is 11.9. The van der Waals surface area contributed by atoms with Gasteiger partial charge in [0.25, 0.3) is 0 Å². The lowest BCUT2D eigenvalue weighted by Crippen LogP contribution is -2.35. The highest BCUT2D eigenvalue weighted by Gasteiger charge is 2.34. The molecule has 0 atom stereocenters. The third-order valence-corrected chi connectivity index (χ3v) is 4.86. The molecule has 1 amide bonds. The molecule has 1 aromatic carbocycles. The lowest BCUT2D eigenvalue weighted by molar-refractivity contribution is -0.126. The zero-order chi connectivity index (χ0) is 15.7. The number of nitrogens with two attached hydrogens (primary N) is 1. The van der Waals surface area contributed by atoms with Crippen molar-refractivity contribution < 1.29 is 17.6 Å². The fourth-order valence-corrected chi connectivity index (χ4v) is 3.21. The standard InChI is InChI=1S/C14H19FN2O3S/c1-14(5-3-2-4-6-14)13(18)17-11-7-10(15)8-12(9-11)21(16,19)20/h7-9H,2-6H2,1H3,(H,17,18)(H2,16,19,20). The van der Waals surface area contributed by atoms with Gasteiger partial charge in [-0.05, 0) is 31.0 Å². The number of nitrogens with one attached hydrogen (secondary N) is 1. The van der Waals surface area contributed by atoms with Crippen LogP contribution in [0, 0.1) is 11.2 Å². The first-order valence-electron chi connectivity index (χ1n) is 6.86. The van der Waals surface area contributed by atoms with Crippen molar-refractivity contribution in [2.45, 2.75) is 43.9 Å². The lowest BCUT2D eigenvalue weighted by atomic mass is 9.75. The van der Waals surface area contributed by atoms with Crippen molar-refractivity contribution in [2.24, 2.45) is 10.6 Å². The summed E-state index contributed by atoms with van der Waals surface area (Å²) in [6.45, 7) is 1.88. The summed E-state index contributed by atoms with van der Waals surface area (Å²) in [5.74, 6) is -0.973. The van der Waals surface area contributed by atoms with Crippen LogP contribution in [0.2, 0.25) is 0 Å². The summed E-state index contributed by atoms with van der Waals surface area (Å²) < 4.78 is 36.0. The van der Waals surface area contributed by atoms with Gasteiger partial charge in [-0.3, -0.25) is 4.79 Å². The smallest absolute Gasteiger partial charge is 0.238 e. The molecule has 0 aliphatic heterocycles. The molecule has 3 N–H and O–H groups in total. The maximum absolute atomic E-state index is 13.5. The van der Waals surface area contributed by atoms with Gasteiger partial charge in [-0.2, -0.15) is 0 Å². The predicted octanol–water partition coefficient (Wildman–Crippen LogP) is 2.38. The van der Waals surface area contributed by atoms with E-state index >= 15 is 0 Å². The van der Waals surface area contributed by atoms with Crippen LogP contribution < -0.4 is 10.5 Å². The number of hydrogen-bond donors (Lipinski definition) is 2. The van der Waals surface area contributed by atoms with Crippen LogP contribution >= 0.6 is 0 Å². The van der Waals surface area contributed by atoms with Crippen LogP contribution in [-0.2, 0) is 14.8 Å². The Morgan fingerprint density at radius 3 is 2.43 bits per heavy atom. The second-order valence-corrected chi connectivity index (χ2v) is 7.36. The number of primary sulfonamides is 1. The van der Waals surface area contributed by atoms with Crippen molar-refractivity contribution in [3.05, 3.63) is 24.0 Å². The molecule has 1 aromatic rings. The minimum atomic E-state index is -4.02. The van der Waals surface area contributed by atoms with Gasteiger partial charge in [0.2, 0.25) is 15.9 Å². The summed E-state index contributed by atoms with van der Waals surface area (Å²) in [5.41, 5.74) is -0.386. The van der Waals surface area contributed by atoms with Crippen LogP contribution in [0.3, 0.4) is 0 Å². The van der Waals surface area contributed by atoms with Gasteiger partial charge in [-0.1, -0.05) is 26.2 Å². The molecule has 5 nitrogen and oxygen atoms in total. The number of carbonyl (C=O) groups is 1. The second kappa shape index (κ2) is 5.73. The molecule has 0 aromatic heterocycles. The van der Waals surface area contributed by atoms with Gasteiger partial charge in [0.05, 0.1) is 4.90 Å². The van der Waals surface area contributed by atoms with Crippen molar-refractivity contribution in [3.8, 4) is 0 Å². The maximum Gasteiger partial charge on any atom is 0.238 e. The van der Waals surface area contributed by atoms with Gasteiger partial charge in [0.1, 0.15) is 5.82 Å². The van der Waals surface area contributed by atoms with Crippen LogP contribution in [0.1, 0.15) is 39.0 Å². The number of sulfonamides is 1. The molecule has 1 fully saturated rings. The van der Waals surface area contributed by atoms with E-state index in [2.05, 4.69) is 5.32 Å². The average molecular weight is 314 g/mol. The third kappa shape index (κ3) is 3.79. The van der Waals surface area contributed by atoms with Crippen LogP contribution in [0.15, 0.2) is 23.1 Å². The van der Waals surface area contributed by atoms with Gasteiger partial charge >= 0.3 is 0 Å². The van der Waals surface area contributed by atoms with Crippen molar-refractivity contribution in [2.75, 3.05) is 5.32 Å². The Hall–Kier alpha value is -1.47. The van der Waals surface area contributed by atoms with E-state index in [9.17, 15) is 17.6 Å². The monoisotopic (exact) mass is 314 g/mol. The van der Waals surface area contributed by atoms with E-state index in [4.69, 9.17) is 5.14 Å². The largest absolute Gasteiger partial charge is 0.325 e. The fourth-order valence-electron chi connectivity index (χ4n) is 2.64. The third-order valence-electron chi connectivity index (χ3n) is 3.96. The van der Waals surface area contributed by atoms with E-state index in [1.807, 2.05) is 6.92 Å². The molecule has 7 heteroatoms. The van der Waals surface area contributed by atoms with Crippen LogP contribution in [0.4, 0.5) is 10.1 Å². The topological polar surface area (TPSA) is 89.3 Å². The normalized spacial score (nSPS) is 18.2. The molecule has 0 saturated heterocycles. The van der Waals surface area contributed by atoms with Crippen molar-refractivity contribution >= 4 is 21.6 Å². The number of rotatable bonds is 3. The van der Waals surface area contributed by atoms with Gasteiger partial charge in [-0.15, -0.1) is 0 Å². The van der Waals surface area contributed by atoms with Gasteiger partial charge in [0.15, 0.2) is 0 Å². The first-order valence-corrected chi connectivity index (χ1v) is 8.40. The van der Waals surface area contributed by atoms with E-state index in [1.54, 1.807) is 0 Å². The quantitative estimate of drug-likeness (QED) is 0.897. The minimum absolute atomic E-state index is 0.107. The van der Waals surface area contributed by atoms with Gasteiger partial charge in [0, 0.05) is 11.1 Å². The molecule has 0 unspecified atom stereocenters. The Morgan fingerprint density at radius 2 is 1.86 bits per heavy atom. The molecule has 1 aliphatic carbocycles. The number of carbonyl (C=O) groups excluding carboxylic acids is 1. The van der Waals surface area contributed by atoms with Crippen LogP contribution in [0.5, 0.6) is 0 Å². The molecule has 1 aliphatic rings. The van der Waals surface area contributed by atoms with E-state index in [0.717, 1.165) is 44.2 Å². The highest BCUT2D eigenvalue weighted by molar-refractivity contribution is 7.89. The number of hydrogen-bond acceptors (Lipinski definition) is 3. The highest BCUT2D eigenvalue weighted by Crippen LogP contribution is 2.36. The molecular weight excluding hydrogens is 295 g/mol. The Kier molecular flexibility index (Phi) is 4.34. The molecule has 0 bridgehead atoms. The van der Waals surface area contributed by atoms with Gasteiger partial charge < -0.3 is 5.32 Å². The summed E-state index contributed by atoms with van der Waals surface area (Å²) in [6.07, 6.45) is 4.62. The molecule has 2 rings (SSSR count). The Labute approximate surface area is 123 Å². The van der Waals surface area contributed by atoms with E-state index < -0.39 is 21.3 Å². The SMILES string of the molecule is CC1(C(=O)Nc2cc(F)cc(S(N)(=O)=O)c2)CCCCC1. The molecule has 116 valence electrons. The molecular formula is C14H19FN2O3S. The van der Waals surface area contributed by atoms with Crippen LogP contribution in [0.25, 0.3) is 0 Å². The highest BCUT2D eigenvalue weighted by atomic mass is 32.2. The number of benzene rings is 1. The van der Waals surface area contributed by atoms with Gasteiger partial charge in [-0.25, -0.2) is 17.9 Å². The molecule has 0 spiro atoms. The number of halogens is 1. The summed E-state index contributed by atoms with van der Waals surface area (Å²) in [5, 5.41) is 7.59. The summed E-state index contributed by atoms with van der Waals surface area (Å²) >= 11 is 0. The van der Waals surface area contributed by atoms with E-state index in [1.165, 1.54) is 6.07 Å². The second-order valence-electron chi connectivity index (χ2n) is 5.80. The summed E-state index contributed by atoms with van der Waals surface area (Å²) in [7, 11) is -4.02. The minimum Gasteiger partial charge on any atom is -0.325 e. The molecule has 0 heterocycles. The van der Waals surface area contributed by atoms with Crippen molar-refractivity contribution in [1.29, 1.82) is 0 Å². The number of anilines is 1. The Morgan fingerprint density at radius 1 is 1.24 bits per heavy atom. The molecule has 0 radical (unpaired) electrons. The number of amides is 1. The zero-order valence-corrected chi connectivity index (χ0v) is 12.7. The van der Waals surface area contributed by atoms with Crippen LogP contribution in [-0.4, -0.2) is 14.3 Å². The first-order chi connectivity index (χ1) is 9.71. The predicted molar refractivity (Wildman–Crippen MR) is 77.6 cm³/mol.